The topological polar surface area (TPSA) is 61.8 Å². The molecule has 2 aromatic carbocycles. The zero-order valence-corrected chi connectivity index (χ0v) is 12.0. The van der Waals surface area contributed by atoms with Crippen molar-refractivity contribution in [2.45, 2.75) is 30.1 Å². The van der Waals surface area contributed by atoms with Crippen LogP contribution >= 0.6 is 0 Å². The lowest BCUT2D eigenvalue weighted by atomic mass is 10.1. The van der Waals surface area contributed by atoms with E-state index in [2.05, 4.69) is 0 Å². The van der Waals surface area contributed by atoms with Gasteiger partial charge in [-0.2, -0.15) is 8.42 Å². The molecule has 0 amide bonds. The third-order valence-electron chi connectivity index (χ3n) is 3.83. The molecule has 110 valence electrons. The Labute approximate surface area is 122 Å². The van der Waals surface area contributed by atoms with Crippen molar-refractivity contribution in [3.63, 3.8) is 0 Å². The average Bonchev–Trinajstić information content (AvgIpc) is 3.00. The van der Waals surface area contributed by atoms with Gasteiger partial charge in [-0.3, -0.25) is 0 Å². The van der Waals surface area contributed by atoms with E-state index in [-0.39, 0.29) is 11.0 Å². The molecule has 1 fully saturated rings. The molecule has 0 bridgehead atoms. The molecular formula is C15H14O5S. The molecule has 4 rings (SSSR count). The summed E-state index contributed by atoms with van der Waals surface area (Å²) in [7, 11) is -3.86. The van der Waals surface area contributed by atoms with Gasteiger partial charge in [-0.25, -0.2) is 4.18 Å². The lowest BCUT2D eigenvalue weighted by Crippen LogP contribution is -2.39. The normalized spacial score (nSPS) is 27.2. The van der Waals surface area contributed by atoms with Crippen molar-refractivity contribution >= 4 is 20.9 Å². The van der Waals surface area contributed by atoms with Gasteiger partial charge >= 0.3 is 10.1 Å². The fraction of sp³-hybridized carbons (Fsp3) is 0.333. The van der Waals surface area contributed by atoms with Gasteiger partial charge in [0.25, 0.3) is 0 Å². The minimum absolute atomic E-state index is 0.106. The van der Waals surface area contributed by atoms with Gasteiger partial charge in [0.2, 0.25) is 6.29 Å². The number of hydrogen-bond acceptors (Lipinski definition) is 5. The third kappa shape index (κ3) is 2.10. The highest BCUT2D eigenvalue weighted by Gasteiger charge is 2.40. The predicted molar refractivity (Wildman–Crippen MR) is 75.6 cm³/mol. The molecule has 6 heteroatoms. The molecule has 2 aromatic rings. The van der Waals surface area contributed by atoms with Crippen LogP contribution < -0.4 is 4.74 Å². The van der Waals surface area contributed by atoms with Crippen molar-refractivity contribution in [3.8, 4) is 5.75 Å². The minimum Gasteiger partial charge on any atom is -0.459 e. The fourth-order valence-corrected chi connectivity index (χ4v) is 4.17. The molecule has 0 spiro atoms. The van der Waals surface area contributed by atoms with Gasteiger partial charge in [-0.1, -0.05) is 30.3 Å². The first-order valence-corrected chi connectivity index (χ1v) is 8.29. The molecule has 0 saturated carbocycles. The highest BCUT2D eigenvalue weighted by Crippen LogP contribution is 2.39. The molecular weight excluding hydrogens is 292 g/mol. The summed E-state index contributed by atoms with van der Waals surface area (Å²) in [5, 5.41) is 1.45. The largest absolute Gasteiger partial charge is 0.459 e. The number of benzene rings is 2. The van der Waals surface area contributed by atoms with Gasteiger partial charge in [-0.15, -0.1) is 0 Å². The number of rotatable bonds is 1. The fourth-order valence-electron chi connectivity index (χ4n) is 2.85. The van der Waals surface area contributed by atoms with E-state index >= 15 is 0 Å². The second-order valence-electron chi connectivity index (χ2n) is 5.20. The summed E-state index contributed by atoms with van der Waals surface area (Å²) in [6, 6.07) is 10.8. The maximum Gasteiger partial charge on any atom is 0.304 e. The SMILES string of the molecule is O=S1(=O)OC(C2CCCO2)Oc2ccc3ccccc3c21. The Morgan fingerprint density at radius 1 is 1.10 bits per heavy atom. The Kier molecular flexibility index (Phi) is 2.92. The second-order valence-corrected chi connectivity index (χ2v) is 6.71. The molecule has 2 unspecified atom stereocenters. The second kappa shape index (κ2) is 4.69. The Morgan fingerprint density at radius 3 is 2.76 bits per heavy atom. The molecule has 1 saturated heterocycles. The van der Waals surface area contributed by atoms with Crippen molar-refractivity contribution in [2.75, 3.05) is 6.61 Å². The molecule has 5 nitrogen and oxygen atoms in total. The zero-order chi connectivity index (χ0) is 14.4. The van der Waals surface area contributed by atoms with Crippen LogP contribution in [0.5, 0.6) is 5.75 Å². The van der Waals surface area contributed by atoms with Crippen LogP contribution in [-0.4, -0.2) is 27.4 Å². The lowest BCUT2D eigenvalue weighted by Gasteiger charge is -2.29. The summed E-state index contributed by atoms with van der Waals surface area (Å²) in [5.41, 5.74) is 0. The molecule has 0 N–H and O–H groups in total. The van der Waals surface area contributed by atoms with Crippen molar-refractivity contribution < 1.29 is 22.1 Å². The highest BCUT2D eigenvalue weighted by molar-refractivity contribution is 7.87. The quantitative estimate of drug-likeness (QED) is 0.757. The molecule has 0 aromatic heterocycles. The molecule has 0 aliphatic carbocycles. The van der Waals surface area contributed by atoms with E-state index in [9.17, 15) is 8.42 Å². The van der Waals surface area contributed by atoms with E-state index in [0.717, 1.165) is 18.2 Å². The molecule has 2 atom stereocenters. The lowest BCUT2D eigenvalue weighted by molar-refractivity contribution is -0.0972. The highest BCUT2D eigenvalue weighted by atomic mass is 32.2. The van der Waals surface area contributed by atoms with Gasteiger partial charge < -0.3 is 9.47 Å². The monoisotopic (exact) mass is 306 g/mol. The van der Waals surface area contributed by atoms with Crippen molar-refractivity contribution in [2.24, 2.45) is 0 Å². The van der Waals surface area contributed by atoms with Crippen LogP contribution in [0.15, 0.2) is 41.3 Å². The Morgan fingerprint density at radius 2 is 1.95 bits per heavy atom. The zero-order valence-electron chi connectivity index (χ0n) is 11.2. The van der Waals surface area contributed by atoms with Crippen LogP contribution in [0.4, 0.5) is 0 Å². The smallest absolute Gasteiger partial charge is 0.304 e. The maximum absolute atomic E-state index is 12.5. The third-order valence-corrected chi connectivity index (χ3v) is 5.19. The Hall–Kier alpha value is -1.63. The first-order valence-electron chi connectivity index (χ1n) is 6.88. The molecule has 21 heavy (non-hydrogen) atoms. The van der Waals surface area contributed by atoms with Crippen LogP contribution in [0.1, 0.15) is 12.8 Å². The Balaban J connectivity index is 1.86. The van der Waals surface area contributed by atoms with Crippen LogP contribution in [0, 0.1) is 0 Å². The summed E-state index contributed by atoms with van der Waals surface area (Å²) in [5.74, 6) is 0.334. The number of fused-ring (bicyclic) bond motifs is 3. The van der Waals surface area contributed by atoms with Crippen molar-refractivity contribution in [1.82, 2.24) is 0 Å². The van der Waals surface area contributed by atoms with Crippen LogP contribution in [0.25, 0.3) is 10.8 Å². The van der Waals surface area contributed by atoms with Gasteiger partial charge in [0, 0.05) is 12.0 Å². The molecule has 2 aliphatic rings. The number of hydrogen-bond donors (Lipinski definition) is 0. The standard InChI is InChI=1S/C15H14O5S/c16-21(17)14-11-5-2-1-4-10(11)7-8-12(14)19-15(20-21)13-6-3-9-18-13/h1-2,4-5,7-8,13,15H,3,6,9H2. The van der Waals surface area contributed by atoms with E-state index in [0.29, 0.717) is 17.7 Å². The van der Waals surface area contributed by atoms with E-state index in [4.69, 9.17) is 13.7 Å². The summed E-state index contributed by atoms with van der Waals surface area (Å²) < 4.78 is 41.4. The van der Waals surface area contributed by atoms with Gasteiger partial charge in [-0.05, 0) is 24.3 Å². The van der Waals surface area contributed by atoms with Crippen molar-refractivity contribution in [1.29, 1.82) is 0 Å². The summed E-state index contributed by atoms with van der Waals surface area (Å²) in [6.45, 7) is 0.610. The van der Waals surface area contributed by atoms with Crippen molar-refractivity contribution in [3.05, 3.63) is 36.4 Å². The van der Waals surface area contributed by atoms with Crippen LogP contribution in [-0.2, 0) is 19.0 Å². The maximum atomic E-state index is 12.5. The summed E-state index contributed by atoms with van der Waals surface area (Å²) >= 11 is 0. The van der Waals surface area contributed by atoms with E-state index in [1.165, 1.54) is 0 Å². The van der Waals surface area contributed by atoms with E-state index < -0.39 is 16.4 Å². The molecule has 2 aliphatic heterocycles. The van der Waals surface area contributed by atoms with Crippen LogP contribution in [0.2, 0.25) is 0 Å². The van der Waals surface area contributed by atoms with Gasteiger partial charge in [0.15, 0.2) is 0 Å². The molecule has 2 heterocycles. The number of ether oxygens (including phenoxy) is 2. The van der Waals surface area contributed by atoms with Gasteiger partial charge in [0.1, 0.15) is 16.7 Å². The molecule has 0 radical (unpaired) electrons. The first-order chi connectivity index (χ1) is 10.1. The first kappa shape index (κ1) is 13.1. The minimum atomic E-state index is -3.86. The summed E-state index contributed by atoms with van der Waals surface area (Å²) in [4.78, 5) is 0.106. The van der Waals surface area contributed by atoms with E-state index in [1.54, 1.807) is 18.2 Å². The Bertz CT molecular complexity index is 793. The van der Waals surface area contributed by atoms with Crippen LogP contribution in [0.3, 0.4) is 0 Å². The predicted octanol–water partition coefficient (Wildman–Crippen LogP) is 2.44. The van der Waals surface area contributed by atoms with E-state index in [1.807, 2.05) is 18.2 Å². The van der Waals surface area contributed by atoms with Gasteiger partial charge in [0.05, 0.1) is 0 Å². The summed E-state index contributed by atoms with van der Waals surface area (Å²) in [6.07, 6.45) is 0.396. The average molecular weight is 306 g/mol.